The van der Waals surface area contributed by atoms with Gasteiger partial charge >= 0.3 is 0 Å². The van der Waals surface area contributed by atoms with Crippen LogP contribution in [0.4, 0.5) is 0 Å². The minimum atomic E-state index is 0.587. The van der Waals surface area contributed by atoms with Gasteiger partial charge in [0.2, 0.25) is 5.95 Å². The van der Waals surface area contributed by atoms with Crippen LogP contribution < -0.4 is 0 Å². The molecule has 9 aromatic rings. The lowest BCUT2D eigenvalue weighted by molar-refractivity contribution is 0.953. The summed E-state index contributed by atoms with van der Waals surface area (Å²) in [6.07, 6.45) is 0. The first-order chi connectivity index (χ1) is 24.2. The molecule has 1 aliphatic heterocycles. The van der Waals surface area contributed by atoms with Crippen LogP contribution in [-0.2, 0) is 0 Å². The highest BCUT2D eigenvalue weighted by molar-refractivity contribution is 6.10. The first-order valence-corrected chi connectivity index (χ1v) is 16.5. The van der Waals surface area contributed by atoms with Gasteiger partial charge in [-0.2, -0.15) is 9.97 Å². The summed E-state index contributed by atoms with van der Waals surface area (Å²) in [6, 6.07) is 60.2. The van der Waals surface area contributed by atoms with Crippen LogP contribution in [-0.4, -0.2) is 19.5 Å². The van der Waals surface area contributed by atoms with Crippen LogP contribution in [0.2, 0.25) is 0 Å². The summed E-state index contributed by atoms with van der Waals surface area (Å²) in [5.74, 6) is 1.84. The average Bonchev–Trinajstić information content (AvgIpc) is 3.52. The molecule has 0 radical (unpaired) electrons. The maximum Gasteiger partial charge on any atom is 0.238 e. The fourth-order valence-electron chi connectivity index (χ4n) is 7.13. The quantitative estimate of drug-likeness (QED) is 0.192. The van der Waals surface area contributed by atoms with Crippen molar-refractivity contribution >= 4 is 21.8 Å². The second kappa shape index (κ2) is 11.0. The number of fused-ring (bicyclic) bond motifs is 17. The Kier molecular flexibility index (Phi) is 6.15. The monoisotopic (exact) mass is 624 g/mol. The summed E-state index contributed by atoms with van der Waals surface area (Å²) in [6.45, 7) is 0. The van der Waals surface area contributed by atoms with Gasteiger partial charge in [0, 0.05) is 21.9 Å². The van der Waals surface area contributed by atoms with Crippen LogP contribution in [0.1, 0.15) is 0 Å². The predicted octanol–water partition coefficient (Wildman–Crippen LogP) is 11.3. The number of rotatable bonds is 2. The lowest BCUT2D eigenvalue weighted by Gasteiger charge is -2.13. The van der Waals surface area contributed by atoms with Crippen LogP contribution in [0.3, 0.4) is 0 Å². The number of nitrogens with zero attached hydrogens (tertiary/aromatic N) is 4. The van der Waals surface area contributed by atoms with Gasteiger partial charge in [0.15, 0.2) is 11.6 Å². The summed E-state index contributed by atoms with van der Waals surface area (Å²) in [5, 5.41) is 2.31. The van der Waals surface area contributed by atoms with Crippen molar-refractivity contribution in [2.45, 2.75) is 0 Å². The summed E-state index contributed by atoms with van der Waals surface area (Å²) in [4.78, 5) is 15.6. The topological polar surface area (TPSA) is 43.6 Å². The molecular weight excluding hydrogens is 597 g/mol. The van der Waals surface area contributed by atoms with Crippen molar-refractivity contribution in [3.63, 3.8) is 0 Å². The molecule has 4 heteroatoms. The zero-order valence-corrected chi connectivity index (χ0v) is 26.5. The van der Waals surface area contributed by atoms with Crippen molar-refractivity contribution in [1.82, 2.24) is 19.5 Å². The number of hydrogen-bond donors (Lipinski definition) is 0. The normalized spacial score (nSPS) is 11.7. The molecule has 7 aromatic carbocycles. The minimum absolute atomic E-state index is 0.587. The zero-order valence-electron chi connectivity index (χ0n) is 26.5. The van der Waals surface area contributed by atoms with E-state index < -0.39 is 0 Å². The summed E-state index contributed by atoms with van der Waals surface area (Å²) < 4.78 is 2.20. The molecule has 10 rings (SSSR count). The third-order valence-electron chi connectivity index (χ3n) is 9.59. The summed E-state index contributed by atoms with van der Waals surface area (Å²) in [7, 11) is 0. The molecule has 0 fully saturated rings. The highest BCUT2D eigenvalue weighted by Crippen LogP contribution is 2.37. The van der Waals surface area contributed by atoms with Crippen LogP contribution in [0.25, 0.3) is 95.0 Å². The highest BCUT2D eigenvalue weighted by atomic mass is 15.2. The molecule has 0 aliphatic carbocycles. The molecule has 3 heterocycles. The Labute approximate surface area is 283 Å². The van der Waals surface area contributed by atoms with Gasteiger partial charge in [-0.3, -0.25) is 4.57 Å². The first-order valence-electron chi connectivity index (χ1n) is 16.5. The Morgan fingerprint density at radius 3 is 1.41 bits per heavy atom. The number of hydrogen-bond acceptors (Lipinski definition) is 3. The number of para-hydroxylation sites is 1. The van der Waals surface area contributed by atoms with E-state index in [1.54, 1.807) is 0 Å². The molecule has 0 atom stereocenters. The third kappa shape index (κ3) is 4.65. The fourth-order valence-corrected chi connectivity index (χ4v) is 7.13. The Morgan fingerprint density at radius 1 is 0.286 bits per heavy atom. The molecule has 0 spiro atoms. The minimum Gasteiger partial charge on any atom is -0.278 e. The SMILES string of the molecule is c1ccc(-c2ccc(-c3nc4nc(n3)-n3c5ccccc5c5ccc(cc53)-c3cccc(c3)-c3cccc(c3)-c3cccc-4c3)cc2)cc1. The van der Waals surface area contributed by atoms with Crippen molar-refractivity contribution in [3.8, 4) is 73.2 Å². The molecule has 0 amide bonds. The molecule has 4 nitrogen and oxygen atoms in total. The lowest BCUT2D eigenvalue weighted by Crippen LogP contribution is -2.06. The molecule has 0 N–H and O–H groups in total. The second-order valence-corrected chi connectivity index (χ2v) is 12.6. The maximum absolute atomic E-state index is 5.22. The largest absolute Gasteiger partial charge is 0.278 e. The third-order valence-corrected chi connectivity index (χ3v) is 9.59. The average molecular weight is 625 g/mol. The van der Waals surface area contributed by atoms with E-state index >= 15 is 0 Å². The molecule has 0 unspecified atom stereocenters. The van der Waals surface area contributed by atoms with Gasteiger partial charge < -0.3 is 0 Å². The lowest BCUT2D eigenvalue weighted by atomic mass is 9.95. The van der Waals surface area contributed by atoms with Crippen molar-refractivity contribution < 1.29 is 0 Å². The van der Waals surface area contributed by atoms with E-state index in [2.05, 4.69) is 168 Å². The Morgan fingerprint density at radius 2 is 0.735 bits per heavy atom. The van der Waals surface area contributed by atoms with Gasteiger partial charge in [-0.1, -0.05) is 140 Å². The standard InChI is InChI=1S/C45H28N4/c1-2-9-29(10-3-1)30-19-21-31(22-20-30)43-46-44-38-16-8-15-36(27-38)34-13-6-11-32(25-34)33-12-7-14-35(26-33)37-23-24-40-39-17-4-5-18-41(39)49(42(40)28-37)45(47-43)48-44/h1-28H. The molecule has 228 valence electrons. The Hall–Kier alpha value is -6.65. The highest BCUT2D eigenvalue weighted by Gasteiger charge is 2.19. The molecular formula is C45H28N4. The van der Waals surface area contributed by atoms with Crippen LogP contribution in [0.15, 0.2) is 170 Å². The molecule has 2 aromatic heterocycles. The Balaban J connectivity index is 1.28. The number of benzene rings is 7. The van der Waals surface area contributed by atoms with Gasteiger partial charge in [-0.25, -0.2) is 4.98 Å². The Bertz CT molecular complexity index is 2710. The van der Waals surface area contributed by atoms with E-state index in [9.17, 15) is 0 Å². The molecule has 0 saturated heterocycles. The summed E-state index contributed by atoms with van der Waals surface area (Å²) in [5.41, 5.74) is 13.2. The first kappa shape index (κ1) is 27.5. The van der Waals surface area contributed by atoms with Gasteiger partial charge in [0.05, 0.1) is 11.0 Å². The van der Waals surface area contributed by atoms with Crippen LogP contribution >= 0.6 is 0 Å². The van der Waals surface area contributed by atoms with E-state index in [0.717, 1.165) is 60.8 Å². The van der Waals surface area contributed by atoms with Crippen LogP contribution in [0.5, 0.6) is 0 Å². The molecule has 1 aliphatic rings. The zero-order chi connectivity index (χ0) is 32.3. The van der Waals surface area contributed by atoms with E-state index in [4.69, 9.17) is 15.0 Å². The van der Waals surface area contributed by atoms with E-state index in [1.807, 2.05) is 6.07 Å². The van der Waals surface area contributed by atoms with E-state index in [-0.39, 0.29) is 0 Å². The van der Waals surface area contributed by atoms with Gasteiger partial charge in [-0.15, -0.1) is 0 Å². The number of aromatic nitrogens is 4. The van der Waals surface area contributed by atoms with Crippen molar-refractivity contribution in [2.24, 2.45) is 0 Å². The van der Waals surface area contributed by atoms with Crippen molar-refractivity contribution in [1.29, 1.82) is 0 Å². The smallest absolute Gasteiger partial charge is 0.238 e. The molecule has 0 saturated carbocycles. The predicted molar refractivity (Wildman–Crippen MR) is 200 cm³/mol. The fraction of sp³-hybridized carbons (Fsp3) is 0. The van der Waals surface area contributed by atoms with Gasteiger partial charge in [0.1, 0.15) is 0 Å². The maximum atomic E-state index is 5.22. The molecule has 10 bridgehead atoms. The second-order valence-electron chi connectivity index (χ2n) is 12.6. The van der Waals surface area contributed by atoms with E-state index in [0.29, 0.717) is 17.6 Å². The van der Waals surface area contributed by atoms with Crippen molar-refractivity contribution in [3.05, 3.63) is 170 Å². The van der Waals surface area contributed by atoms with Gasteiger partial charge in [-0.05, 0) is 74.8 Å². The van der Waals surface area contributed by atoms with Crippen molar-refractivity contribution in [2.75, 3.05) is 0 Å². The molecule has 49 heavy (non-hydrogen) atoms. The van der Waals surface area contributed by atoms with E-state index in [1.165, 1.54) is 16.7 Å². The summed E-state index contributed by atoms with van der Waals surface area (Å²) >= 11 is 0. The van der Waals surface area contributed by atoms with Crippen LogP contribution in [0, 0.1) is 0 Å². The van der Waals surface area contributed by atoms with Gasteiger partial charge in [0.25, 0.3) is 0 Å².